The van der Waals surface area contributed by atoms with Crippen LogP contribution in [0.25, 0.3) is 22.6 Å². The van der Waals surface area contributed by atoms with Gasteiger partial charge in [-0.15, -0.1) is 0 Å². The molecule has 0 spiro atoms. The van der Waals surface area contributed by atoms with Crippen molar-refractivity contribution in [3.8, 4) is 11.4 Å². The van der Waals surface area contributed by atoms with Gasteiger partial charge in [0.15, 0.2) is 5.65 Å². The Kier molecular flexibility index (Phi) is 2.96. The summed E-state index contributed by atoms with van der Waals surface area (Å²) in [6, 6.07) is 7.94. The van der Waals surface area contributed by atoms with E-state index in [9.17, 15) is 0 Å². The van der Waals surface area contributed by atoms with Gasteiger partial charge in [-0.05, 0) is 37.1 Å². The predicted octanol–water partition coefficient (Wildman–Crippen LogP) is 4.55. The third-order valence-corrected chi connectivity index (χ3v) is 3.84. The summed E-state index contributed by atoms with van der Waals surface area (Å²) in [5.74, 6) is 0.768. The number of hydrogen-bond acceptors (Lipinski definition) is 2. The van der Waals surface area contributed by atoms with Crippen LogP contribution in [0.4, 0.5) is 0 Å². The molecule has 1 N–H and O–H groups in total. The van der Waals surface area contributed by atoms with Crippen molar-refractivity contribution in [2.45, 2.75) is 13.8 Å². The third kappa shape index (κ3) is 2.20. The molecule has 0 radical (unpaired) electrons. The first-order valence-electron chi connectivity index (χ1n) is 5.84. The molecule has 1 aromatic carbocycles. The zero-order chi connectivity index (χ0) is 13.6. The Hall–Kier alpha value is -1.58. The fourth-order valence-corrected chi connectivity index (χ4v) is 2.21. The quantitative estimate of drug-likeness (QED) is 0.668. The predicted molar refractivity (Wildman–Crippen MR) is 78.8 cm³/mol. The van der Waals surface area contributed by atoms with Gasteiger partial charge in [0.2, 0.25) is 0 Å². The highest BCUT2D eigenvalue weighted by atomic mass is 35.5. The Labute approximate surface area is 120 Å². The van der Waals surface area contributed by atoms with E-state index in [2.05, 4.69) is 40.9 Å². The number of benzene rings is 1. The largest absolute Gasteiger partial charge is 0.337 e. The molecule has 0 aliphatic heterocycles. The fourth-order valence-electron chi connectivity index (χ4n) is 1.92. The van der Waals surface area contributed by atoms with Crippen molar-refractivity contribution in [1.29, 1.82) is 0 Å². The molecule has 96 valence electrons. The summed E-state index contributed by atoms with van der Waals surface area (Å²) in [5, 5.41) is 0.691. The first kappa shape index (κ1) is 12.5. The van der Waals surface area contributed by atoms with Gasteiger partial charge >= 0.3 is 0 Å². The van der Waals surface area contributed by atoms with Crippen LogP contribution in [0.3, 0.4) is 0 Å². The second-order valence-corrected chi connectivity index (χ2v) is 5.28. The number of fused-ring (bicyclic) bond motifs is 1. The minimum atomic E-state index is 0.271. The van der Waals surface area contributed by atoms with Gasteiger partial charge in [0, 0.05) is 5.56 Å². The van der Waals surface area contributed by atoms with Crippen molar-refractivity contribution in [1.82, 2.24) is 15.0 Å². The van der Waals surface area contributed by atoms with Gasteiger partial charge in [0.05, 0.1) is 10.5 Å². The molecule has 3 rings (SSSR count). The summed E-state index contributed by atoms with van der Waals surface area (Å²) in [4.78, 5) is 11.8. The Bertz CT molecular complexity index is 739. The van der Waals surface area contributed by atoms with Crippen LogP contribution in [-0.4, -0.2) is 15.0 Å². The van der Waals surface area contributed by atoms with Crippen LogP contribution >= 0.6 is 23.2 Å². The number of pyridine rings is 1. The van der Waals surface area contributed by atoms with Crippen molar-refractivity contribution >= 4 is 34.4 Å². The van der Waals surface area contributed by atoms with E-state index in [-0.39, 0.29) is 5.15 Å². The smallest absolute Gasteiger partial charge is 0.179 e. The molecule has 0 unspecified atom stereocenters. The van der Waals surface area contributed by atoms with Gasteiger partial charge < -0.3 is 4.98 Å². The maximum absolute atomic E-state index is 5.95. The monoisotopic (exact) mass is 291 g/mol. The number of nitrogens with one attached hydrogen (secondary N) is 1. The van der Waals surface area contributed by atoms with Gasteiger partial charge in [-0.1, -0.05) is 35.3 Å². The molecule has 0 atom stereocenters. The first-order chi connectivity index (χ1) is 9.04. The van der Waals surface area contributed by atoms with E-state index in [0.29, 0.717) is 10.7 Å². The normalized spacial score (nSPS) is 11.2. The van der Waals surface area contributed by atoms with E-state index in [0.717, 1.165) is 16.9 Å². The number of halogens is 2. The van der Waals surface area contributed by atoms with E-state index in [1.54, 1.807) is 6.07 Å². The van der Waals surface area contributed by atoms with Gasteiger partial charge in [-0.25, -0.2) is 9.97 Å². The Morgan fingerprint density at radius 3 is 2.53 bits per heavy atom. The summed E-state index contributed by atoms with van der Waals surface area (Å²) in [7, 11) is 0. The van der Waals surface area contributed by atoms with Crippen molar-refractivity contribution < 1.29 is 0 Å². The van der Waals surface area contributed by atoms with Crippen LogP contribution < -0.4 is 0 Å². The average molecular weight is 292 g/mol. The Morgan fingerprint density at radius 1 is 1.00 bits per heavy atom. The molecule has 19 heavy (non-hydrogen) atoms. The number of H-pyrrole nitrogens is 1. The molecule has 3 nitrogen and oxygen atoms in total. The van der Waals surface area contributed by atoms with Gasteiger partial charge in [-0.2, -0.15) is 0 Å². The van der Waals surface area contributed by atoms with E-state index < -0.39 is 0 Å². The molecule has 0 amide bonds. The SMILES string of the molecule is Cc1ccc(-c2nc3nc(Cl)c(Cl)cc3[nH]2)cc1C. The maximum atomic E-state index is 5.95. The highest BCUT2D eigenvalue weighted by Gasteiger charge is 2.10. The third-order valence-electron chi connectivity index (χ3n) is 3.16. The molecule has 0 saturated carbocycles. The molecule has 0 bridgehead atoms. The van der Waals surface area contributed by atoms with Crippen LogP contribution in [0, 0.1) is 13.8 Å². The summed E-state index contributed by atoms with van der Waals surface area (Å²) in [5.41, 5.74) is 4.85. The zero-order valence-electron chi connectivity index (χ0n) is 10.5. The number of aryl methyl sites for hydroxylation is 2. The molecule has 0 aliphatic rings. The minimum Gasteiger partial charge on any atom is -0.337 e. The van der Waals surface area contributed by atoms with Crippen LogP contribution in [0.15, 0.2) is 24.3 Å². The second kappa shape index (κ2) is 4.51. The number of hydrogen-bond donors (Lipinski definition) is 1. The molecule has 2 aromatic heterocycles. The standard InChI is InChI=1S/C14H11Cl2N3/c1-7-3-4-9(5-8(7)2)13-17-11-6-10(15)12(16)18-14(11)19-13/h3-6H,1-2H3,(H,17,18,19). The zero-order valence-corrected chi connectivity index (χ0v) is 12.0. The molecule has 0 fully saturated rings. The van der Waals surface area contributed by atoms with Crippen molar-refractivity contribution in [3.63, 3.8) is 0 Å². The highest BCUT2D eigenvalue weighted by Crippen LogP contribution is 2.26. The summed E-state index contributed by atoms with van der Waals surface area (Å²) < 4.78 is 0. The summed E-state index contributed by atoms with van der Waals surface area (Å²) in [6.07, 6.45) is 0. The number of aromatic nitrogens is 3. The highest BCUT2D eigenvalue weighted by molar-refractivity contribution is 6.41. The molecule has 0 aliphatic carbocycles. The maximum Gasteiger partial charge on any atom is 0.179 e. The van der Waals surface area contributed by atoms with E-state index >= 15 is 0 Å². The fraction of sp³-hybridized carbons (Fsp3) is 0.143. The Balaban J connectivity index is 2.17. The molecular formula is C14H11Cl2N3. The topological polar surface area (TPSA) is 41.6 Å². The number of imidazole rings is 1. The lowest BCUT2D eigenvalue weighted by atomic mass is 10.1. The Morgan fingerprint density at radius 2 is 1.79 bits per heavy atom. The summed E-state index contributed by atoms with van der Waals surface area (Å²) >= 11 is 11.8. The minimum absolute atomic E-state index is 0.271. The number of rotatable bonds is 1. The molecule has 2 heterocycles. The van der Waals surface area contributed by atoms with Crippen molar-refractivity contribution in [3.05, 3.63) is 45.6 Å². The van der Waals surface area contributed by atoms with Gasteiger partial charge in [-0.3, -0.25) is 0 Å². The first-order valence-corrected chi connectivity index (χ1v) is 6.59. The van der Waals surface area contributed by atoms with Crippen LogP contribution in [-0.2, 0) is 0 Å². The average Bonchev–Trinajstić information content (AvgIpc) is 2.76. The number of aromatic amines is 1. The van der Waals surface area contributed by atoms with E-state index in [4.69, 9.17) is 23.2 Å². The lowest BCUT2D eigenvalue weighted by Gasteiger charge is -2.01. The lowest BCUT2D eigenvalue weighted by Crippen LogP contribution is -1.85. The van der Waals surface area contributed by atoms with Crippen LogP contribution in [0.2, 0.25) is 10.2 Å². The molecule has 3 aromatic rings. The van der Waals surface area contributed by atoms with E-state index in [1.807, 2.05) is 6.07 Å². The molecule has 0 saturated heterocycles. The van der Waals surface area contributed by atoms with Crippen molar-refractivity contribution in [2.24, 2.45) is 0 Å². The van der Waals surface area contributed by atoms with Gasteiger partial charge in [0.25, 0.3) is 0 Å². The second-order valence-electron chi connectivity index (χ2n) is 4.52. The summed E-state index contributed by atoms with van der Waals surface area (Å²) in [6.45, 7) is 4.16. The van der Waals surface area contributed by atoms with Crippen LogP contribution in [0.1, 0.15) is 11.1 Å². The van der Waals surface area contributed by atoms with Crippen LogP contribution in [0.5, 0.6) is 0 Å². The molecule has 5 heteroatoms. The van der Waals surface area contributed by atoms with Gasteiger partial charge in [0.1, 0.15) is 11.0 Å². The van der Waals surface area contributed by atoms with Crippen molar-refractivity contribution in [2.75, 3.05) is 0 Å². The van der Waals surface area contributed by atoms with E-state index in [1.165, 1.54) is 11.1 Å². The lowest BCUT2D eigenvalue weighted by molar-refractivity contribution is 1.28. The molecular weight excluding hydrogens is 281 g/mol. The number of nitrogens with zero attached hydrogens (tertiary/aromatic N) is 2.